The maximum absolute atomic E-state index is 12.9. The lowest BCUT2D eigenvalue weighted by atomic mass is 9.80. The van der Waals surface area contributed by atoms with Crippen molar-refractivity contribution in [1.29, 1.82) is 0 Å². The largest absolute Gasteiger partial charge is 0.391 e. The summed E-state index contributed by atoms with van der Waals surface area (Å²) in [6, 6.07) is 0. The summed E-state index contributed by atoms with van der Waals surface area (Å²) in [6.45, 7) is 0. The minimum absolute atomic E-state index is 0.0459. The van der Waals surface area contributed by atoms with E-state index >= 15 is 0 Å². The minimum atomic E-state index is -4.15. The van der Waals surface area contributed by atoms with Gasteiger partial charge in [0.05, 0.1) is 5.92 Å². The highest BCUT2D eigenvalue weighted by atomic mass is 19.4. The molecule has 4 N–H and O–H groups in total. The van der Waals surface area contributed by atoms with Crippen LogP contribution in [-0.4, -0.2) is 36.0 Å². The average molecular weight is 303 g/mol. The Labute approximate surface area is 121 Å². The standard InChI is InChI=1S/C13H20F3N5/c1-19-12(21-6-5-20-10(17)11(21)18)8-3-2-4-9(7-8)13(14,15)16/h5-6,8-9,11H,2-4,7,18H2,1H3,(H2,17,20). The van der Waals surface area contributed by atoms with Gasteiger partial charge in [0.2, 0.25) is 0 Å². The van der Waals surface area contributed by atoms with Crippen LogP contribution in [0, 0.1) is 11.8 Å². The zero-order chi connectivity index (χ0) is 15.6. The van der Waals surface area contributed by atoms with Gasteiger partial charge in [-0.1, -0.05) is 6.42 Å². The third-order valence-corrected chi connectivity index (χ3v) is 4.05. The number of hydrogen-bond donors (Lipinski definition) is 2. The number of aliphatic imine (C=N–C) groups is 2. The third-order valence-electron chi connectivity index (χ3n) is 4.05. The molecule has 0 aromatic carbocycles. The predicted molar refractivity (Wildman–Crippen MR) is 75.4 cm³/mol. The molecule has 0 radical (unpaired) electrons. The lowest BCUT2D eigenvalue weighted by Crippen LogP contribution is -2.54. The molecule has 0 bridgehead atoms. The Morgan fingerprint density at radius 2 is 2.14 bits per heavy atom. The summed E-state index contributed by atoms with van der Waals surface area (Å²) in [7, 11) is 1.56. The molecule has 0 amide bonds. The van der Waals surface area contributed by atoms with E-state index in [2.05, 4.69) is 9.98 Å². The summed E-state index contributed by atoms with van der Waals surface area (Å²) in [5, 5.41) is 0. The molecule has 1 heterocycles. The number of nitrogens with zero attached hydrogens (tertiary/aromatic N) is 3. The van der Waals surface area contributed by atoms with Crippen molar-refractivity contribution in [2.75, 3.05) is 7.05 Å². The number of alkyl halides is 3. The number of nitrogens with two attached hydrogens (primary N) is 2. The van der Waals surface area contributed by atoms with E-state index in [4.69, 9.17) is 11.5 Å². The summed E-state index contributed by atoms with van der Waals surface area (Å²) in [5.74, 6) is -0.770. The summed E-state index contributed by atoms with van der Waals surface area (Å²) in [4.78, 5) is 9.68. The maximum Gasteiger partial charge on any atom is 0.391 e. The van der Waals surface area contributed by atoms with E-state index in [1.54, 1.807) is 18.1 Å². The first-order chi connectivity index (χ1) is 9.84. The van der Waals surface area contributed by atoms with Gasteiger partial charge in [-0.3, -0.25) is 4.99 Å². The van der Waals surface area contributed by atoms with Crippen LogP contribution in [0.5, 0.6) is 0 Å². The number of amidine groups is 2. The van der Waals surface area contributed by atoms with Crippen LogP contribution in [0.3, 0.4) is 0 Å². The summed E-state index contributed by atoms with van der Waals surface area (Å²) >= 11 is 0. The van der Waals surface area contributed by atoms with Gasteiger partial charge >= 0.3 is 6.18 Å². The van der Waals surface area contributed by atoms with Gasteiger partial charge < -0.3 is 16.4 Å². The van der Waals surface area contributed by atoms with Gasteiger partial charge in [-0.15, -0.1) is 0 Å². The number of rotatable bonds is 1. The normalized spacial score (nSPS) is 31.3. The van der Waals surface area contributed by atoms with E-state index in [9.17, 15) is 13.2 Å². The van der Waals surface area contributed by atoms with E-state index in [-0.39, 0.29) is 24.6 Å². The first-order valence-corrected chi connectivity index (χ1v) is 6.91. The Balaban J connectivity index is 2.15. The molecule has 21 heavy (non-hydrogen) atoms. The second-order valence-corrected chi connectivity index (χ2v) is 5.39. The van der Waals surface area contributed by atoms with Gasteiger partial charge in [-0.2, -0.15) is 13.2 Å². The van der Waals surface area contributed by atoms with Crippen molar-refractivity contribution in [2.24, 2.45) is 33.3 Å². The van der Waals surface area contributed by atoms with Crippen LogP contribution in [-0.2, 0) is 0 Å². The molecule has 0 aromatic heterocycles. The number of halogens is 3. The van der Waals surface area contributed by atoms with Gasteiger partial charge in [-0.25, -0.2) is 4.99 Å². The molecule has 2 aliphatic rings. The topological polar surface area (TPSA) is 80.0 Å². The summed E-state index contributed by atoms with van der Waals surface area (Å²) in [6.07, 6.45) is -0.309. The highest BCUT2D eigenvalue weighted by Crippen LogP contribution is 2.40. The van der Waals surface area contributed by atoms with Crippen molar-refractivity contribution in [3.05, 3.63) is 12.4 Å². The molecule has 5 nitrogen and oxygen atoms in total. The first kappa shape index (κ1) is 15.8. The number of hydrogen-bond acceptors (Lipinski definition) is 4. The fraction of sp³-hybridized carbons (Fsp3) is 0.692. The first-order valence-electron chi connectivity index (χ1n) is 6.91. The zero-order valence-electron chi connectivity index (χ0n) is 11.8. The Bertz CT molecular complexity index is 469. The quantitative estimate of drug-likeness (QED) is 0.573. The monoisotopic (exact) mass is 303 g/mol. The highest BCUT2D eigenvalue weighted by molar-refractivity contribution is 5.94. The predicted octanol–water partition coefficient (Wildman–Crippen LogP) is 1.81. The molecule has 2 rings (SSSR count). The van der Waals surface area contributed by atoms with Crippen molar-refractivity contribution in [1.82, 2.24) is 4.90 Å². The fourth-order valence-corrected chi connectivity index (χ4v) is 2.95. The van der Waals surface area contributed by atoms with Crippen LogP contribution in [0.4, 0.5) is 13.2 Å². The van der Waals surface area contributed by atoms with Crippen molar-refractivity contribution in [3.8, 4) is 0 Å². The van der Waals surface area contributed by atoms with E-state index in [0.717, 1.165) is 0 Å². The third kappa shape index (κ3) is 3.37. The van der Waals surface area contributed by atoms with Crippen molar-refractivity contribution >= 4 is 11.7 Å². The second-order valence-electron chi connectivity index (χ2n) is 5.39. The Kier molecular flexibility index (Phi) is 4.55. The second kappa shape index (κ2) is 6.05. The molecule has 1 fully saturated rings. The molecule has 1 saturated carbocycles. The Morgan fingerprint density at radius 1 is 1.43 bits per heavy atom. The Hall–Kier alpha value is -1.57. The SMILES string of the molecule is CN=C(C1CCCC(C(F)(F)F)C1)N1C=CN=C(N)C1N. The van der Waals surface area contributed by atoms with Crippen molar-refractivity contribution < 1.29 is 13.2 Å². The van der Waals surface area contributed by atoms with Gasteiger partial charge in [-0.05, 0) is 19.3 Å². The van der Waals surface area contributed by atoms with Crippen LogP contribution < -0.4 is 11.5 Å². The molecule has 3 unspecified atom stereocenters. The lowest BCUT2D eigenvalue weighted by Gasteiger charge is -2.37. The molecule has 8 heteroatoms. The molecule has 0 spiro atoms. The average Bonchev–Trinajstić information content (AvgIpc) is 2.44. The molecule has 1 aliphatic carbocycles. The van der Waals surface area contributed by atoms with Crippen LogP contribution in [0.2, 0.25) is 0 Å². The van der Waals surface area contributed by atoms with Crippen LogP contribution in [0.1, 0.15) is 25.7 Å². The van der Waals surface area contributed by atoms with Crippen LogP contribution in [0.15, 0.2) is 22.4 Å². The van der Waals surface area contributed by atoms with Gasteiger partial charge in [0.25, 0.3) is 0 Å². The van der Waals surface area contributed by atoms with Crippen LogP contribution in [0.25, 0.3) is 0 Å². The van der Waals surface area contributed by atoms with Gasteiger partial charge in [0, 0.05) is 25.4 Å². The van der Waals surface area contributed by atoms with Crippen molar-refractivity contribution in [2.45, 2.75) is 38.0 Å². The van der Waals surface area contributed by atoms with E-state index in [0.29, 0.717) is 18.7 Å². The minimum Gasteiger partial charge on any atom is -0.384 e. The Morgan fingerprint density at radius 3 is 2.76 bits per heavy atom. The smallest absolute Gasteiger partial charge is 0.384 e. The molecule has 0 saturated heterocycles. The van der Waals surface area contributed by atoms with Crippen LogP contribution >= 0.6 is 0 Å². The zero-order valence-corrected chi connectivity index (χ0v) is 11.8. The van der Waals surface area contributed by atoms with E-state index < -0.39 is 18.3 Å². The van der Waals surface area contributed by atoms with Gasteiger partial charge in [0.15, 0.2) is 0 Å². The summed E-state index contributed by atoms with van der Waals surface area (Å²) in [5.41, 5.74) is 11.6. The van der Waals surface area contributed by atoms with E-state index in [1.165, 1.54) is 6.20 Å². The maximum atomic E-state index is 12.9. The molecule has 1 aliphatic heterocycles. The molecule has 118 valence electrons. The fourth-order valence-electron chi connectivity index (χ4n) is 2.95. The summed E-state index contributed by atoms with van der Waals surface area (Å²) < 4.78 is 38.8. The van der Waals surface area contributed by atoms with Crippen molar-refractivity contribution in [3.63, 3.8) is 0 Å². The molecular formula is C13H20F3N5. The molecular weight excluding hydrogens is 283 g/mol. The van der Waals surface area contributed by atoms with E-state index in [1.807, 2.05) is 0 Å². The molecule has 0 aromatic rings. The van der Waals surface area contributed by atoms with Gasteiger partial charge in [0.1, 0.15) is 17.8 Å². The lowest BCUT2D eigenvalue weighted by molar-refractivity contribution is -0.183. The molecule has 3 atom stereocenters. The highest BCUT2D eigenvalue weighted by Gasteiger charge is 2.44.